The van der Waals surface area contributed by atoms with E-state index in [1.165, 1.54) is 64.7 Å². The quantitative estimate of drug-likeness (QED) is 0.0408. The Hall–Kier alpha value is -3.93. The molecule has 0 bridgehead atoms. The molecule has 8 heteroatoms. The van der Waals surface area contributed by atoms with E-state index in [9.17, 15) is 5.21 Å². The molecule has 0 amide bonds. The minimum atomic E-state index is 0.0137. The third-order valence-electron chi connectivity index (χ3n) is 6.90. The van der Waals surface area contributed by atoms with Crippen molar-refractivity contribution in [3.05, 3.63) is 65.5 Å². The van der Waals surface area contributed by atoms with Crippen molar-refractivity contribution in [2.24, 2.45) is 0 Å². The van der Waals surface area contributed by atoms with Gasteiger partial charge in [0.15, 0.2) is 19.3 Å². The van der Waals surface area contributed by atoms with Gasteiger partial charge in [-0.05, 0) is 42.8 Å². The molecule has 1 aromatic heterocycles. The molecule has 0 fully saturated rings. The first kappa shape index (κ1) is 33.6. The van der Waals surface area contributed by atoms with Gasteiger partial charge in [-0.2, -0.15) is 0 Å². The van der Waals surface area contributed by atoms with Gasteiger partial charge in [-0.25, -0.2) is 0 Å². The average molecular weight is 592 g/mol. The lowest BCUT2D eigenvalue weighted by atomic mass is 10.0. The Morgan fingerprint density at radius 1 is 0.698 bits per heavy atom. The summed E-state index contributed by atoms with van der Waals surface area (Å²) in [6.07, 6.45) is 19.6. The van der Waals surface area contributed by atoms with Crippen LogP contribution in [0.15, 0.2) is 54.7 Å². The van der Waals surface area contributed by atoms with Gasteiger partial charge in [0.2, 0.25) is 6.20 Å². The molecule has 0 saturated carbocycles. The molecule has 0 spiro atoms. The van der Waals surface area contributed by atoms with Crippen LogP contribution in [-0.2, 0) is 9.47 Å². The zero-order chi connectivity index (χ0) is 30.7. The molecule has 0 saturated heterocycles. The second-order valence-corrected chi connectivity index (χ2v) is 10.3. The Balaban J connectivity index is 1.59. The van der Waals surface area contributed by atoms with Crippen LogP contribution in [0.4, 0.5) is 0 Å². The Morgan fingerprint density at radius 2 is 1.28 bits per heavy atom. The van der Waals surface area contributed by atoms with E-state index in [0.29, 0.717) is 39.9 Å². The molecule has 0 aliphatic rings. The summed E-state index contributed by atoms with van der Waals surface area (Å²) >= 11 is 0. The number of terminal acetylenes is 1. The lowest BCUT2D eigenvalue weighted by Crippen LogP contribution is -2.27. The van der Waals surface area contributed by atoms with Crippen LogP contribution in [0, 0.1) is 17.6 Å². The van der Waals surface area contributed by atoms with Crippen LogP contribution in [0.25, 0.3) is 11.1 Å². The first-order chi connectivity index (χ1) is 21.1. The predicted octanol–water partition coefficient (Wildman–Crippen LogP) is 8.03. The fraction of sp³-hybridized carbons (Fsp3) is 0.457. The van der Waals surface area contributed by atoms with Crippen LogP contribution >= 0.6 is 0 Å². The zero-order valence-electron chi connectivity index (χ0n) is 25.8. The zero-order valence-corrected chi connectivity index (χ0v) is 25.8. The van der Waals surface area contributed by atoms with Crippen molar-refractivity contribution in [3.8, 4) is 52.3 Å². The van der Waals surface area contributed by atoms with E-state index in [0.717, 1.165) is 24.0 Å². The van der Waals surface area contributed by atoms with E-state index in [4.69, 9.17) is 34.8 Å². The summed E-state index contributed by atoms with van der Waals surface area (Å²) in [4.78, 5) is 0. The second kappa shape index (κ2) is 19.3. The summed E-state index contributed by atoms with van der Waals surface area (Å²) in [7, 11) is 3.08. The van der Waals surface area contributed by atoms with E-state index in [-0.39, 0.29) is 19.5 Å². The molecule has 0 N–H and O–H groups in total. The molecule has 0 unspecified atom stereocenters. The number of methoxy groups -OCH3 is 2. The van der Waals surface area contributed by atoms with Crippen molar-refractivity contribution < 1.29 is 33.2 Å². The number of pyridine rings is 1. The maximum absolute atomic E-state index is 12.7. The average Bonchev–Trinajstić information content (AvgIpc) is 3.03. The molecule has 8 nitrogen and oxygen atoms in total. The Labute approximate surface area is 256 Å². The van der Waals surface area contributed by atoms with Crippen molar-refractivity contribution in [2.45, 2.75) is 71.1 Å². The largest absolute Gasteiger partial charge is 0.616 e. The summed E-state index contributed by atoms with van der Waals surface area (Å²) in [5.74, 6) is 4.67. The number of hydrogen-bond donors (Lipinski definition) is 0. The van der Waals surface area contributed by atoms with Gasteiger partial charge >= 0.3 is 5.88 Å². The maximum atomic E-state index is 12.7. The minimum absolute atomic E-state index is 0.0137. The highest BCUT2D eigenvalue weighted by Gasteiger charge is 2.17. The summed E-state index contributed by atoms with van der Waals surface area (Å²) in [5, 5.41) is 12.7. The number of ether oxygens (including phenoxy) is 6. The van der Waals surface area contributed by atoms with Gasteiger partial charge in [0, 0.05) is 37.0 Å². The number of benzene rings is 2. The van der Waals surface area contributed by atoms with Gasteiger partial charge in [-0.15, -0.1) is 11.2 Å². The third kappa shape index (κ3) is 11.3. The van der Waals surface area contributed by atoms with Crippen molar-refractivity contribution in [3.63, 3.8) is 0 Å². The SMILES string of the molecule is C#Cc1ccc(-c2ccc(Oc3ccc(OCCCCCCCCCCCC)c[n+]3[O-])cc2OCOC)c(OCOC)c1. The van der Waals surface area contributed by atoms with Gasteiger partial charge in [0.25, 0.3) is 0 Å². The fourth-order valence-corrected chi connectivity index (χ4v) is 4.62. The smallest absolute Gasteiger partial charge is 0.385 e. The number of nitrogens with zero attached hydrogens (tertiary/aromatic N) is 1. The van der Waals surface area contributed by atoms with Gasteiger partial charge in [0.1, 0.15) is 17.2 Å². The van der Waals surface area contributed by atoms with Gasteiger partial charge in [-0.1, -0.05) is 70.6 Å². The molecule has 3 aromatic rings. The Kier molecular flexibility index (Phi) is 15.1. The van der Waals surface area contributed by atoms with E-state index in [2.05, 4.69) is 12.8 Å². The molecule has 2 aromatic carbocycles. The lowest BCUT2D eigenvalue weighted by molar-refractivity contribution is -0.611. The summed E-state index contributed by atoms with van der Waals surface area (Å²) < 4.78 is 34.2. The predicted molar refractivity (Wildman–Crippen MR) is 168 cm³/mol. The second-order valence-electron chi connectivity index (χ2n) is 10.3. The van der Waals surface area contributed by atoms with E-state index < -0.39 is 0 Å². The Morgan fingerprint density at radius 3 is 1.88 bits per heavy atom. The van der Waals surface area contributed by atoms with Gasteiger partial charge in [-0.3, -0.25) is 0 Å². The van der Waals surface area contributed by atoms with Gasteiger partial charge in [0.05, 0.1) is 12.7 Å². The Bertz CT molecular complexity index is 1290. The van der Waals surface area contributed by atoms with Crippen LogP contribution < -0.4 is 23.7 Å². The van der Waals surface area contributed by atoms with Crippen LogP contribution in [0.1, 0.15) is 76.7 Å². The fourth-order valence-electron chi connectivity index (χ4n) is 4.62. The molecular formula is C35H45NO7. The number of unbranched alkanes of at least 4 members (excludes halogenated alkanes) is 9. The molecule has 1 heterocycles. The van der Waals surface area contributed by atoms with Crippen molar-refractivity contribution in [1.82, 2.24) is 0 Å². The van der Waals surface area contributed by atoms with Crippen LogP contribution in [-0.4, -0.2) is 34.4 Å². The molecule has 43 heavy (non-hydrogen) atoms. The molecule has 232 valence electrons. The monoisotopic (exact) mass is 591 g/mol. The van der Waals surface area contributed by atoms with Crippen LogP contribution in [0.3, 0.4) is 0 Å². The highest BCUT2D eigenvalue weighted by Crippen LogP contribution is 2.40. The molecule has 0 aliphatic heterocycles. The lowest BCUT2D eigenvalue weighted by Gasteiger charge is -2.16. The summed E-state index contributed by atoms with van der Waals surface area (Å²) in [6, 6.07) is 14.0. The van der Waals surface area contributed by atoms with E-state index >= 15 is 0 Å². The molecule has 0 aliphatic carbocycles. The third-order valence-corrected chi connectivity index (χ3v) is 6.90. The minimum Gasteiger partial charge on any atom is -0.616 e. The van der Waals surface area contributed by atoms with Crippen LogP contribution in [0.2, 0.25) is 0 Å². The van der Waals surface area contributed by atoms with Gasteiger partial charge < -0.3 is 33.6 Å². The normalized spacial score (nSPS) is 10.7. The topological polar surface area (TPSA) is 82.3 Å². The molecule has 0 atom stereocenters. The highest BCUT2D eigenvalue weighted by atomic mass is 16.7. The molecule has 3 rings (SSSR count). The van der Waals surface area contributed by atoms with Crippen molar-refractivity contribution >= 4 is 0 Å². The maximum Gasteiger partial charge on any atom is 0.385 e. The molecular weight excluding hydrogens is 546 g/mol. The first-order valence-corrected chi connectivity index (χ1v) is 15.1. The summed E-state index contributed by atoms with van der Waals surface area (Å²) in [5.41, 5.74) is 2.14. The highest BCUT2D eigenvalue weighted by molar-refractivity contribution is 5.77. The number of rotatable bonds is 21. The van der Waals surface area contributed by atoms with E-state index in [1.54, 1.807) is 37.4 Å². The molecule has 0 radical (unpaired) electrons. The standard InChI is InChI=1S/C35H45NO7/c1-5-7-8-9-10-11-12-13-14-15-22-40-30-18-21-35(36(37)25-30)43-29-17-20-32(34(24-29)42-27-39-4)31-19-16-28(6-2)23-33(31)41-26-38-3/h2,16-21,23-25H,5,7-15,22,26-27H2,1,3-4H3. The van der Waals surface area contributed by atoms with Crippen LogP contribution in [0.5, 0.6) is 28.9 Å². The first-order valence-electron chi connectivity index (χ1n) is 15.1. The van der Waals surface area contributed by atoms with E-state index in [1.807, 2.05) is 18.2 Å². The van der Waals surface area contributed by atoms with Crippen molar-refractivity contribution in [1.29, 1.82) is 0 Å². The van der Waals surface area contributed by atoms with Crippen molar-refractivity contribution in [2.75, 3.05) is 34.4 Å². The number of hydrogen-bond acceptors (Lipinski definition) is 7. The number of aromatic nitrogens is 1. The summed E-state index contributed by atoms with van der Waals surface area (Å²) in [6.45, 7) is 2.90.